The van der Waals surface area contributed by atoms with Gasteiger partial charge in [-0.1, -0.05) is 37.3 Å². The number of hydrogen-bond donors (Lipinski definition) is 3. The Bertz CT molecular complexity index is 883. The molecule has 3 rings (SSSR count). The van der Waals surface area contributed by atoms with Crippen molar-refractivity contribution in [2.45, 2.75) is 13.3 Å². The van der Waals surface area contributed by atoms with Crippen molar-refractivity contribution in [2.75, 3.05) is 0 Å². The van der Waals surface area contributed by atoms with Gasteiger partial charge in [0.1, 0.15) is 11.4 Å². The number of hydrogen-bond acceptors (Lipinski definition) is 4. The number of H-pyrrole nitrogens is 1. The summed E-state index contributed by atoms with van der Waals surface area (Å²) in [5, 5.41) is 20.4. The molecule has 0 spiro atoms. The molecular weight excluding hydrogens is 316 g/mol. The Morgan fingerprint density at radius 1 is 1.16 bits per heavy atom. The molecule has 0 saturated heterocycles. The molecule has 3 aromatic rings. The fourth-order valence-corrected chi connectivity index (χ4v) is 2.37. The van der Waals surface area contributed by atoms with Crippen LogP contribution in [0.15, 0.2) is 65.8 Å². The Kier molecular flexibility index (Phi) is 4.89. The molecule has 0 aliphatic carbocycles. The van der Waals surface area contributed by atoms with Crippen LogP contribution in [0.3, 0.4) is 0 Å². The minimum absolute atomic E-state index is 0.189. The van der Waals surface area contributed by atoms with E-state index in [1.54, 1.807) is 30.3 Å². The number of hydrazone groups is 1. The van der Waals surface area contributed by atoms with Crippen LogP contribution in [0, 0.1) is 0 Å². The number of aromatic amines is 1. The van der Waals surface area contributed by atoms with Crippen molar-refractivity contribution in [1.82, 2.24) is 15.6 Å². The Morgan fingerprint density at radius 2 is 1.88 bits per heavy atom. The number of benzene rings is 2. The van der Waals surface area contributed by atoms with Gasteiger partial charge in [0.15, 0.2) is 0 Å². The Labute approximate surface area is 145 Å². The van der Waals surface area contributed by atoms with Crippen molar-refractivity contribution in [3.05, 3.63) is 71.9 Å². The molecule has 0 aliphatic rings. The van der Waals surface area contributed by atoms with Gasteiger partial charge in [-0.2, -0.15) is 10.2 Å². The van der Waals surface area contributed by atoms with Crippen LogP contribution in [0.2, 0.25) is 0 Å². The average Bonchev–Trinajstić information content (AvgIpc) is 3.14. The minimum atomic E-state index is -0.362. The van der Waals surface area contributed by atoms with Gasteiger partial charge in [-0.05, 0) is 42.3 Å². The zero-order chi connectivity index (χ0) is 17.6. The maximum Gasteiger partial charge on any atom is 0.289 e. The minimum Gasteiger partial charge on any atom is -0.508 e. The summed E-state index contributed by atoms with van der Waals surface area (Å²) in [5.74, 6) is -0.173. The molecule has 25 heavy (non-hydrogen) atoms. The first-order chi connectivity index (χ1) is 12.2. The van der Waals surface area contributed by atoms with E-state index in [0.29, 0.717) is 17.8 Å². The van der Waals surface area contributed by atoms with Gasteiger partial charge >= 0.3 is 0 Å². The lowest BCUT2D eigenvalue weighted by atomic mass is 10.1. The number of phenolic OH excluding ortho intramolecular Hbond substituents is 1. The first-order valence-corrected chi connectivity index (χ1v) is 7.94. The largest absolute Gasteiger partial charge is 0.508 e. The number of aromatic hydroxyl groups is 1. The van der Waals surface area contributed by atoms with E-state index >= 15 is 0 Å². The van der Waals surface area contributed by atoms with Crippen molar-refractivity contribution < 1.29 is 9.90 Å². The highest BCUT2D eigenvalue weighted by Crippen LogP contribution is 2.17. The van der Waals surface area contributed by atoms with Crippen LogP contribution in [0.5, 0.6) is 5.75 Å². The second-order valence-corrected chi connectivity index (χ2v) is 5.43. The molecule has 1 aromatic heterocycles. The SMILES string of the molecule is CC/C(=N\NC(=O)c1cc(-c2ccccc2)n[nH]1)c1ccc(O)cc1. The third kappa shape index (κ3) is 3.92. The lowest BCUT2D eigenvalue weighted by Crippen LogP contribution is -2.20. The topological polar surface area (TPSA) is 90.4 Å². The van der Waals surface area contributed by atoms with Crippen LogP contribution in [0.4, 0.5) is 0 Å². The molecule has 0 bridgehead atoms. The molecule has 1 heterocycles. The maximum absolute atomic E-state index is 12.3. The maximum atomic E-state index is 12.3. The number of nitrogens with zero attached hydrogens (tertiary/aromatic N) is 2. The molecule has 0 aliphatic heterocycles. The first-order valence-electron chi connectivity index (χ1n) is 7.94. The highest BCUT2D eigenvalue weighted by molar-refractivity contribution is 6.02. The van der Waals surface area contributed by atoms with E-state index in [1.807, 2.05) is 37.3 Å². The summed E-state index contributed by atoms with van der Waals surface area (Å²) < 4.78 is 0. The molecule has 0 radical (unpaired) electrons. The monoisotopic (exact) mass is 334 g/mol. The summed E-state index contributed by atoms with van der Waals surface area (Å²) in [4.78, 5) is 12.3. The second kappa shape index (κ2) is 7.44. The highest BCUT2D eigenvalue weighted by Gasteiger charge is 2.11. The van der Waals surface area contributed by atoms with E-state index < -0.39 is 0 Å². The van der Waals surface area contributed by atoms with Crippen molar-refractivity contribution >= 4 is 11.6 Å². The number of aromatic nitrogens is 2. The van der Waals surface area contributed by atoms with Gasteiger partial charge in [-0.3, -0.25) is 9.89 Å². The van der Waals surface area contributed by atoms with Gasteiger partial charge in [0.25, 0.3) is 5.91 Å². The van der Waals surface area contributed by atoms with Gasteiger partial charge in [-0.15, -0.1) is 0 Å². The van der Waals surface area contributed by atoms with Gasteiger partial charge in [0.2, 0.25) is 0 Å². The van der Waals surface area contributed by atoms with E-state index in [-0.39, 0.29) is 11.7 Å². The Morgan fingerprint density at radius 3 is 2.56 bits per heavy atom. The Hall–Kier alpha value is -3.41. The summed E-state index contributed by atoms with van der Waals surface area (Å²) in [6.07, 6.45) is 0.642. The van der Waals surface area contributed by atoms with Crippen LogP contribution in [0.1, 0.15) is 29.4 Å². The predicted molar refractivity (Wildman–Crippen MR) is 96.4 cm³/mol. The van der Waals surface area contributed by atoms with Crippen molar-refractivity contribution in [1.29, 1.82) is 0 Å². The lowest BCUT2D eigenvalue weighted by Gasteiger charge is -2.04. The van der Waals surface area contributed by atoms with Crippen LogP contribution in [0.25, 0.3) is 11.3 Å². The highest BCUT2D eigenvalue weighted by atomic mass is 16.3. The number of rotatable bonds is 5. The smallest absolute Gasteiger partial charge is 0.289 e. The molecule has 2 aromatic carbocycles. The van der Waals surface area contributed by atoms with E-state index in [1.165, 1.54) is 0 Å². The van der Waals surface area contributed by atoms with E-state index in [9.17, 15) is 9.90 Å². The molecule has 126 valence electrons. The van der Waals surface area contributed by atoms with E-state index in [2.05, 4.69) is 20.7 Å². The number of amides is 1. The summed E-state index contributed by atoms with van der Waals surface area (Å²) in [7, 11) is 0. The summed E-state index contributed by atoms with van der Waals surface area (Å²) >= 11 is 0. The zero-order valence-electron chi connectivity index (χ0n) is 13.7. The van der Waals surface area contributed by atoms with Gasteiger partial charge < -0.3 is 5.11 Å². The number of carbonyl (C=O) groups is 1. The molecule has 0 atom stereocenters. The first kappa shape index (κ1) is 16.4. The summed E-state index contributed by atoms with van der Waals surface area (Å²) in [6.45, 7) is 1.95. The van der Waals surface area contributed by atoms with Crippen molar-refractivity contribution in [3.8, 4) is 17.0 Å². The molecule has 0 saturated carbocycles. The fraction of sp³-hybridized carbons (Fsp3) is 0.105. The van der Waals surface area contributed by atoms with Gasteiger partial charge in [0.05, 0.1) is 11.4 Å². The van der Waals surface area contributed by atoms with Gasteiger partial charge in [-0.25, -0.2) is 5.43 Å². The third-order valence-electron chi connectivity index (χ3n) is 3.72. The van der Waals surface area contributed by atoms with Gasteiger partial charge in [0, 0.05) is 5.56 Å². The predicted octanol–water partition coefficient (Wildman–Crippen LogP) is 3.33. The van der Waals surface area contributed by atoms with E-state index in [4.69, 9.17) is 0 Å². The summed E-state index contributed by atoms with van der Waals surface area (Å²) in [5.41, 5.74) is 6.07. The van der Waals surface area contributed by atoms with Crippen LogP contribution in [-0.4, -0.2) is 26.9 Å². The second-order valence-electron chi connectivity index (χ2n) is 5.43. The van der Waals surface area contributed by atoms with Crippen LogP contribution < -0.4 is 5.43 Å². The normalized spacial score (nSPS) is 11.3. The Balaban J connectivity index is 1.73. The molecular formula is C19H18N4O2. The lowest BCUT2D eigenvalue weighted by molar-refractivity contribution is 0.0950. The standard InChI is InChI=1S/C19H18N4O2/c1-2-16(14-8-10-15(24)11-9-14)20-23-19(25)18-12-17(21-22-18)13-6-4-3-5-7-13/h3-12,24H,2H2,1H3,(H,21,22)(H,23,25)/b20-16+. The summed E-state index contributed by atoms with van der Waals surface area (Å²) in [6, 6.07) is 18.0. The molecule has 0 unspecified atom stereocenters. The van der Waals surface area contributed by atoms with Crippen LogP contribution >= 0.6 is 0 Å². The molecule has 6 nitrogen and oxygen atoms in total. The van der Waals surface area contributed by atoms with E-state index in [0.717, 1.165) is 16.8 Å². The number of carbonyl (C=O) groups excluding carboxylic acids is 1. The third-order valence-corrected chi connectivity index (χ3v) is 3.72. The van der Waals surface area contributed by atoms with Crippen LogP contribution in [-0.2, 0) is 0 Å². The molecule has 3 N–H and O–H groups in total. The molecule has 0 fully saturated rings. The fourth-order valence-electron chi connectivity index (χ4n) is 2.37. The quantitative estimate of drug-likeness (QED) is 0.494. The molecule has 6 heteroatoms. The molecule has 1 amide bonds. The average molecular weight is 334 g/mol. The zero-order valence-corrected chi connectivity index (χ0v) is 13.7. The van der Waals surface area contributed by atoms with Crippen molar-refractivity contribution in [3.63, 3.8) is 0 Å². The number of phenols is 1. The number of nitrogens with one attached hydrogen (secondary N) is 2. The van der Waals surface area contributed by atoms with Crippen molar-refractivity contribution in [2.24, 2.45) is 5.10 Å².